The van der Waals surface area contributed by atoms with Crippen molar-refractivity contribution in [1.29, 1.82) is 0 Å². The molecule has 0 bridgehead atoms. The van der Waals surface area contributed by atoms with E-state index in [1.54, 1.807) is 0 Å². The topological polar surface area (TPSA) is 20.2 Å². The van der Waals surface area contributed by atoms with Crippen LogP contribution in [0.2, 0.25) is 0 Å². The van der Waals surface area contributed by atoms with Gasteiger partial charge in [0.25, 0.3) is 0 Å². The van der Waals surface area contributed by atoms with Gasteiger partial charge in [-0.15, -0.1) is 0 Å². The van der Waals surface area contributed by atoms with Crippen LogP contribution in [0.4, 0.5) is 0 Å². The fourth-order valence-electron chi connectivity index (χ4n) is 1.78. The summed E-state index contributed by atoms with van der Waals surface area (Å²) in [5.74, 6) is 1.52. The minimum atomic E-state index is -0.304. The van der Waals surface area contributed by atoms with Gasteiger partial charge in [0.15, 0.2) is 0 Å². The molecule has 58 valence electrons. The minimum absolute atomic E-state index is 0.304. The SMILES string of the molecule is CC(O)(CC1CC1)C1CC1. The van der Waals surface area contributed by atoms with Crippen LogP contribution >= 0.6 is 0 Å². The van der Waals surface area contributed by atoms with Gasteiger partial charge in [-0.2, -0.15) is 0 Å². The third-order valence-electron chi connectivity index (χ3n) is 2.86. The molecule has 1 heteroatoms. The average Bonchev–Trinajstić information content (AvgIpc) is 2.58. The monoisotopic (exact) mass is 140 g/mol. The van der Waals surface area contributed by atoms with E-state index in [9.17, 15) is 5.11 Å². The molecule has 2 aliphatic rings. The standard InChI is InChI=1S/C9H16O/c1-9(10,8-4-5-8)6-7-2-3-7/h7-8,10H,2-6H2,1H3. The van der Waals surface area contributed by atoms with Gasteiger partial charge in [0, 0.05) is 0 Å². The maximum absolute atomic E-state index is 9.86. The highest BCUT2D eigenvalue weighted by Crippen LogP contribution is 2.46. The lowest BCUT2D eigenvalue weighted by Crippen LogP contribution is -2.27. The Labute approximate surface area is 62.4 Å². The van der Waals surface area contributed by atoms with Gasteiger partial charge in [-0.25, -0.2) is 0 Å². The van der Waals surface area contributed by atoms with Gasteiger partial charge in [0.2, 0.25) is 0 Å². The molecule has 2 saturated carbocycles. The first kappa shape index (κ1) is 6.66. The fourth-order valence-corrected chi connectivity index (χ4v) is 1.78. The molecule has 0 aromatic rings. The highest BCUT2D eigenvalue weighted by Gasteiger charge is 2.42. The third-order valence-corrected chi connectivity index (χ3v) is 2.86. The number of aliphatic hydroxyl groups is 1. The summed E-state index contributed by atoms with van der Waals surface area (Å²) in [5, 5.41) is 9.86. The summed E-state index contributed by atoms with van der Waals surface area (Å²) in [6.45, 7) is 2.02. The van der Waals surface area contributed by atoms with Crippen molar-refractivity contribution >= 4 is 0 Å². The molecule has 0 saturated heterocycles. The second-order valence-electron chi connectivity index (χ2n) is 4.28. The molecule has 1 N–H and O–H groups in total. The molecular weight excluding hydrogens is 124 g/mol. The highest BCUT2D eigenvalue weighted by molar-refractivity contribution is 4.94. The molecule has 1 nitrogen and oxygen atoms in total. The molecule has 0 aromatic carbocycles. The molecule has 1 unspecified atom stereocenters. The molecule has 10 heavy (non-hydrogen) atoms. The number of hydrogen-bond donors (Lipinski definition) is 1. The largest absolute Gasteiger partial charge is 0.390 e. The van der Waals surface area contributed by atoms with E-state index >= 15 is 0 Å². The van der Waals surface area contributed by atoms with E-state index in [0.29, 0.717) is 5.92 Å². The smallest absolute Gasteiger partial charge is 0.0650 e. The highest BCUT2D eigenvalue weighted by atomic mass is 16.3. The summed E-state index contributed by atoms with van der Waals surface area (Å²) < 4.78 is 0. The van der Waals surface area contributed by atoms with Gasteiger partial charge in [0.05, 0.1) is 5.60 Å². The molecule has 0 radical (unpaired) electrons. The van der Waals surface area contributed by atoms with Gasteiger partial charge in [-0.1, -0.05) is 12.8 Å². The summed E-state index contributed by atoms with van der Waals surface area (Å²) in [6, 6.07) is 0. The van der Waals surface area contributed by atoms with Crippen molar-refractivity contribution in [3.8, 4) is 0 Å². The van der Waals surface area contributed by atoms with Gasteiger partial charge < -0.3 is 5.11 Å². The molecule has 0 amide bonds. The van der Waals surface area contributed by atoms with Gasteiger partial charge in [-0.05, 0) is 38.0 Å². The van der Waals surface area contributed by atoms with E-state index in [1.165, 1.54) is 25.7 Å². The van der Waals surface area contributed by atoms with Crippen LogP contribution in [-0.2, 0) is 0 Å². The Morgan fingerprint density at radius 2 is 1.90 bits per heavy atom. The van der Waals surface area contributed by atoms with Crippen LogP contribution in [0, 0.1) is 11.8 Å². The van der Waals surface area contributed by atoms with Gasteiger partial charge in [0.1, 0.15) is 0 Å². The quantitative estimate of drug-likeness (QED) is 0.635. The second kappa shape index (κ2) is 1.97. The zero-order valence-electron chi connectivity index (χ0n) is 6.64. The molecule has 0 aliphatic heterocycles. The molecule has 2 rings (SSSR count). The molecule has 2 fully saturated rings. The minimum Gasteiger partial charge on any atom is -0.390 e. The number of rotatable bonds is 3. The summed E-state index contributed by atoms with van der Waals surface area (Å²) in [7, 11) is 0. The van der Waals surface area contributed by atoms with Crippen LogP contribution in [-0.4, -0.2) is 10.7 Å². The Morgan fingerprint density at radius 1 is 1.30 bits per heavy atom. The van der Waals surface area contributed by atoms with Gasteiger partial charge in [-0.3, -0.25) is 0 Å². The second-order valence-corrected chi connectivity index (χ2v) is 4.28. The van der Waals surface area contributed by atoms with E-state index in [4.69, 9.17) is 0 Å². The van der Waals surface area contributed by atoms with Crippen molar-refractivity contribution in [3.05, 3.63) is 0 Å². The Morgan fingerprint density at radius 3 is 2.30 bits per heavy atom. The first-order valence-corrected chi connectivity index (χ1v) is 4.41. The van der Waals surface area contributed by atoms with Crippen LogP contribution in [0.3, 0.4) is 0 Å². The summed E-state index contributed by atoms with van der Waals surface area (Å²) in [5.41, 5.74) is -0.304. The molecular formula is C9H16O. The normalized spacial score (nSPS) is 31.8. The first-order valence-electron chi connectivity index (χ1n) is 4.41. The van der Waals surface area contributed by atoms with Crippen molar-refractivity contribution in [2.24, 2.45) is 11.8 Å². The fraction of sp³-hybridized carbons (Fsp3) is 1.00. The maximum Gasteiger partial charge on any atom is 0.0650 e. The molecule has 0 heterocycles. The zero-order chi connectivity index (χ0) is 7.19. The van der Waals surface area contributed by atoms with Crippen LogP contribution in [0.1, 0.15) is 39.0 Å². The van der Waals surface area contributed by atoms with Crippen LogP contribution < -0.4 is 0 Å². The maximum atomic E-state index is 9.86. The molecule has 0 spiro atoms. The van der Waals surface area contributed by atoms with Crippen LogP contribution in [0.15, 0.2) is 0 Å². The lowest BCUT2D eigenvalue weighted by atomic mass is 9.94. The predicted molar refractivity (Wildman–Crippen MR) is 40.7 cm³/mol. The van der Waals surface area contributed by atoms with E-state index in [0.717, 1.165) is 12.3 Å². The average molecular weight is 140 g/mol. The van der Waals surface area contributed by atoms with Crippen molar-refractivity contribution in [2.75, 3.05) is 0 Å². The van der Waals surface area contributed by atoms with Crippen molar-refractivity contribution in [1.82, 2.24) is 0 Å². The molecule has 2 aliphatic carbocycles. The first-order chi connectivity index (χ1) is 4.68. The van der Waals surface area contributed by atoms with E-state index in [1.807, 2.05) is 6.92 Å². The summed E-state index contributed by atoms with van der Waals surface area (Å²) >= 11 is 0. The lowest BCUT2D eigenvalue weighted by molar-refractivity contribution is 0.0226. The van der Waals surface area contributed by atoms with E-state index < -0.39 is 0 Å². The lowest BCUT2D eigenvalue weighted by Gasteiger charge is -2.22. The zero-order valence-corrected chi connectivity index (χ0v) is 6.64. The Bertz CT molecular complexity index is 132. The van der Waals surface area contributed by atoms with Crippen molar-refractivity contribution in [2.45, 2.75) is 44.6 Å². The van der Waals surface area contributed by atoms with Crippen LogP contribution in [0.5, 0.6) is 0 Å². The third kappa shape index (κ3) is 1.34. The molecule has 0 aromatic heterocycles. The Hall–Kier alpha value is -0.0400. The van der Waals surface area contributed by atoms with E-state index in [2.05, 4.69) is 0 Å². The van der Waals surface area contributed by atoms with Crippen molar-refractivity contribution in [3.63, 3.8) is 0 Å². The number of hydrogen-bond acceptors (Lipinski definition) is 1. The summed E-state index contributed by atoms with van der Waals surface area (Å²) in [4.78, 5) is 0. The van der Waals surface area contributed by atoms with Crippen LogP contribution in [0.25, 0.3) is 0 Å². The predicted octanol–water partition coefficient (Wildman–Crippen LogP) is 1.95. The summed E-state index contributed by atoms with van der Waals surface area (Å²) in [6.07, 6.45) is 6.32. The van der Waals surface area contributed by atoms with Gasteiger partial charge >= 0.3 is 0 Å². The van der Waals surface area contributed by atoms with Crippen molar-refractivity contribution < 1.29 is 5.11 Å². The Kier molecular flexibility index (Phi) is 1.31. The molecule has 1 atom stereocenters. The van der Waals surface area contributed by atoms with E-state index in [-0.39, 0.29) is 5.60 Å². The Balaban J connectivity index is 1.85.